The van der Waals surface area contributed by atoms with E-state index in [-0.39, 0.29) is 24.4 Å². The highest BCUT2D eigenvalue weighted by Gasteiger charge is 2.33. The van der Waals surface area contributed by atoms with E-state index < -0.39 is 29.6 Å². The number of nitrogens with one attached hydrogen (secondary N) is 2. The number of alkyl halides is 3. The van der Waals surface area contributed by atoms with Crippen LogP contribution in [0.5, 0.6) is 5.75 Å². The normalized spacial score (nSPS) is 14.9. The van der Waals surface area contributed by atoms with Gasteiger partial charge in [0.2, 0.25) is 0 Å². The zero-order valence-corrected chi connectivity index (χ0v) is 20.8. The van der Waals surface area contributed by atoms with Gasteiger partial charge in [-0.15, -0.1) is 0 Å². The first-order valence-corrected chi connectivity index (χ1v) is 12.1. The van der Waals surface area contributed by atoms with Gasteiger partial charge in [-0.25, -0.2) is 5.48 Å². The summed E-state index contributed by atoms with van der Waals surface area (Å²) >= 11 is 0. The molecule has 4 rings (SSSR count). The van der Waals surface area contributed by atoms with Crippen LogP contribution in [0.15, 0.2) is 66.9 Å². The minimum Gasteiger partial charge on any atom is -0.489 e. The third kappa shape index (κ3) is 7.31. The first kappa shape index (κ1) is 28.0. The van der Waals surface area contributed by atoms with E-state index in [1.807, 2.05) is 4.90 Å². The summed E-state index contributed by atoms with van der Waals surface area (Å²) in [5, 5.41) is 11.8. The Labute approximate surface area is 222 Å². The first-order valence-electron chi connectivity index (χ1n) is 12.1. The third-order valence-electron chi connectivity index (χ3n) is 6.21. The van der Waals surface area contributed by atoms with Crippen LogP contribution in [0.4, 0.5) is 13.2 Å². The number of hydroxylamine groups is 1. The Kier molecular flexibility index (Phi) is 9.12. The van der Waals surface area contributed by atoms with E-state index >= 15 is 0 Å². The number of hydrogen-bond acceptors (Lipinski definition) is 7. The smallest absolute Gasteiger partial charge is 0.417 e. The SMILES string of the molecule is O=C(NCC(C(=O)NO)N1CCOCC1)c1ccc(OCc2ccnc(-c3ccccc3C(F)(F)F)c2)cc1. The molecule has 2 amide bonds. The van der Waals surface area contributed by atoms with Crippen molar-refractivity contribution < 1.29 is 37.4 Å². The maximum Gasteiger partial charge on any atom is 0.417 e. The summed E-state index contributed by atoms with van der Waals surface area (Å²) in [7, 11) is 0. The summed E-state index contributed by atoms with van der Waals surface area (Å²) in [5.74, 6) is -0.582. The van der Waals surface area contributed by atoms with Gasteiger partial charge in [0, 0.05) is 37.0 Å². The molecule has 1 aliphatic rings. The van der Waals surface area contributed by atoms with Crippen molar-refractivity contribution in [2.24, 2.45) is 0 Å². The second-order valence-electron chi connectivity index (χ2n) is 8.76. The summed E-state index contributed by atoms with van der Waals surface area (Å²) in [6, 6.07) is 14.0. The average molecular weight is 545 g/mol. The largest absolute Gasteiger partial charge is 0.489 e. The van der Waals surface area contributed by atoms with Crippen molar-refractivity contribution in [2.75, 3.05) is 32.8 Å². The fraction of sp³-hybridized carbons (Fsp3) is 0.296. The predicted molar refractivity (Wildman–Crippen MR) is 134 cm³/mol. The topological polar surface area (TPSA) is 113 Å². The maximum atomic E-state index is 13.4. The number of carbonyl (C=O) groups is 2. The standard InChI is InChI=1S/C27H27F3N4O5/c28-27(29,30)22-4-2-1-3-21(22)23-15-18(9-10-31-23)17-39-20-7-5-19(6-8-20)25(35)32-16-24(26(36)33-37)34-11-13-38-14-12-34/h1-10,15,24,37H,11-14,16-17H2,(H,32,35)(H,33,36). The third-order valence-corrected chi connectivity index (χ3v) is 6.21. The lowest BCUT2D eigenvalue weighted by Crippen LogP contribution is -2.55. The maximum absolute atomic E-state index is 13.4. The number of pyridine rings is 1. The van der Waals surface area contributed by atoms with E-state index in [1.54, 1.807) is 41.9 Å². The van der Waals surface area contributed by atoms with E-state index in [4.69, 9.17) is 14.7 Å². The van der Waals surface area contributed by atoms with Gasteiger partial charge in [0.25, 0.3) is 11.8 Å². The van der Waals surface area contributed by atoms with Crippen LogP contribution in [0.3, 0.4) is 0 Å². The van der Waals surface area contributed by atoms with Crippen molar-refractivity contribution in [1.82, 2.24) is 20.7 Å². The molecule has 1 unspecified atom stereocenters. The Balaban J connectivity index is 1.35. The number of nitrogens with zero attached hydrogens (tertiary/aromatic N) is 2. The Morgan fingerprint density at radius 3 is 2.49 bits per heavy atom. The summed E-state index contributed by atoms with van der Waals surface area (Å²) in [4.78, 5) is 30.6. The van der Waals surface area contributed by atoms with Crippen molar-refractivity contribution in [3.05, 3.63) is 83.6 Å². The van der Waals surface area contributed by atoms with Gasteiger partial charge in [0.15, 0.2) is 0 Å². The Morgan fingerprint density at radius 2 is 1.79 bits per heavy atom. The molecule has 0 bridgehead atoms. The molecule has 1 saturated heterocycles. The fourth-order valence-corrected chi connectivity index (χ4v) is 4.18. The van der Waals surface area contributed by atoms with Crippen LogP contribution in [0.2, 0.25) is 0 Å². The number of hydrogen-bond donors (Lipinski definition) is 3. The van der Waals surface area contributed by atoms with Crippen molar-refractivity contribution >= 4 is 11.8 Å². The highest BCUT2D eigenvalue weighted by molar-refractivity contribution is 5.94. The van der Waals surface area contributed by atoms with Crippen molar-refractivity contribution in [3.8, 4) is 17.0 Å². The second kappa shape index (κ2) is 12.7. The van der Waals surface area contributed by atoms with Crippen LogP contribution in [0.25, 0.3) is 11.3 Å². The molecular formula is C27H27F3N4O5. The van der Waals surface area contributed by atoms with Crippen LogP contribution >= 0.6 is 0 Å². The minimum absolute atomic E-state index is 0.00861. The summed E-state index contributed by atoms with van der Waals surface area (Å²) in [6.45, 7) is 1.96. The van der Waals surface area contributed by atoms with Crippen molar-refractivity contribution in [1.29, 1.82) is 0 Å². The molecule has 39 heavy (non-hydrogen) atoms. The molecule has 3 N–H and O–H groups in total. The van der Waals surface area contributed by atoms with E-state index in [2.05, 4.69) is 10.3 Å². The molecular weight excluding hydrogens is 517 g/mol. The van der Waals surface area contributed by atoms with Crippen LogP contribution in [-0.2, 0) is 22.3 Å². The summed E-state index contributed by atoms with van der Waals surface area (Å²) in [5.41, 5.74) is 1.99. The quantitative estimate of drug-likeness (QED) is 0.280. The monoisotopic (exact) mass is 544 g/mol. The molecule has 3 aromatic rings. The molecule has 2 aromatic carbocycles. The van der Waals surface area contributed by atoms with Crippen LogP contribution in [0.1, 0.15) is 21.5 Å². The molecule has 1 aromatic heterocycles. The number of halogens is 3. The van der Waals surface area contributed by atoms with E-state index in [0.717, 1.165) is 6.07 Å². The molecule has 2 heterocycles. The molecule has 0 spiro atoms. The van der Waals surface area contributed by atoms with Gasteiger partial charge in [0.1, 0.15) is 18.4 Å². The highest BCUT2D eigenvalue weighted by atomic mass is 19.4. The zero-order valence-electron chi connectivity index (χ0n) is 20.8. The highest BCUT2D eigenvalue weighted by Crippen LogP contribution is 2.36. The number of carbonyl (C=O) groups excluding carboxylic acids is 2. The molecule has 1 aliphatic heterocycles. The van der Waals surface area contributed by atoms with Gasteiger partial charge >= 0.3 is 6.18 Å². The summed E-state index contributed by atoms with van der Waals surface area (Å²) < 4.78 is 51.2. The summed E-state index contributed by atoms with van der Waals surface area (Å²) in [6.07, 6.45) is -3.08. The first-order chi connectivity index (χ1) is 18.8. The Hall–Kier alpha value is -4.00. The molecule has 1 fully saturated rings. The van der Waals surface area contributed by atoms with Gasteiger partial charge in [-0.3, -0.25) is 24.7 Å². The van der Waals surface area contributed by atoms with Gasteiger partial charge in [-0.05, 0) is 48.0 Å². The molecule has 9 nitrogen and oxygen atoms in total. The number of morpholine rings is 1. The van der Waals surface area contributed by atoms with Crippen LogP contribution in [-0.4, -0.2) is 65.8 Å². The predicted octanol–water partition coefficient (Wildman–Crippen LogP) is 3.28. The molecule has 0 aliphatic carbocycles. The number of benzene rings is 2. The fourth-order valence-electron chi connectivity index (χ4n) is 4.18. The lowest BCUT2D eigenvalue weighted by atomic mass is 10.0. The number of rotatable bonds is 9. The van der Waals surface area contributed by atoms with E-state index in [9.17, 15) is 22.8 Å². The van der Waals surface area contributed by atoms with Crippen molar-refractivity contribution in [2.45, 2.75) is 18.8 Å². The number of aromatic nitrogens is 1. The van der Waals surface area contributed by atoms with Gasteiger partial charge < -0.3 is 14.8 Å². The van der Waals surface area contributed by atoms with Crippen LogP contribution < -0.4 is 15.5 Å². The zero-order chi connectivity index (χ0) is 27.8. The van der Waals surface area contributed by atoms with E-state index in [1.165, 1.54) is 24.4 Å². The molecule has 0 saturated carbocycles. The van der Waals surface area contributed by atoms with Gasteiger partial charge in [0.05, 0.1) is 24.5 Å². The second-order valence-corrected chi connectivity index (χ2v) is 8.76. The molecule has 12 heteroatoms. The van der Waals surface area contributed by atoms with Gasteiger partial charge in [-0.1, -0.05) is 18.2 Å². The van der Waals surface area contributed by atoms with Gasteiger partial charge in [-0.2, -0.15) is 13.2 Å². The Bertz CT molecular complexity index is 1280. The average Bonchev–Trinajstić information content (AvgIpc) is 2.96. The van der Waals surface area contributed by atoms with Crippen molar-refractivity contribution in [3.63, 3.8) is 0 Å². The number of amides is 2. The van der Waals surface area contributed by atoms with E-state index in [0.29, 0.717) is 43.2 Å². The van der Waals surface area contributed by atoms with Crippen LogP contribution in [0, 0.1) is 0 Å². The lowest BCUT2D eigenvalue weighted by molar-refractivity contribution is -0.137. The molecule has 0 radical (unpaired) electrons. The molecule has 1 atom stereocenters. The Morgan fingerprint density at radius 1 is 1.08 bits per heavy atom. The number of ether oxygens (including phenoxy) is 2. The minimum atomic E-state index is -4.51. The lowest BCUT2D eigenvalue weighted by Gasteiger charge is -2.33. The molecule has 206 valence electrons.